The van der Waals surface area contributed by atoms with Crippen LogP contribution < -0.4 is 5.32 Å². The molecular formula is C8H15NO. The predicted molar refractivity (Wildman–Crippen MR) is 41.9 cm³/mol. The van der Waals surface area contributed by atoms with Crippen LogP contribution in [0.2, 0.25) is 0 Å². The van der Waals surface area contributed by atoms with Crippen LogP contribution in [0.15, 0.2) is 11.1 Å². The number of hydrogen-bond donors (Lipinski definition) is 2. The van der Waals surface area contributed by atoms with E-state index in [2.05, 4.69) is 12.2 Å². The molecule has 0 bridgehead atoms. The Morgan fingerprint density at radius 3 is 2.70 bits per heavy atom. The molecule has 0 aromatic carbocycles. The van der Waals surface area contributed by atoms with Gasteiger partial charge in [0.05, 0.1) is 0 Å². The Labute approximate surface area is 61.9 Å². The average Bonchev–Trinajstić information content (AvgIpc) is 2.36. The highest BCUT2D eigenvalue weighted by molar-refractivity contribution is 5.21. The van der Waals surface area contributed by atoms with Gasteiger partial charge < -0.3 is 10.4 Å². The number of rotatable bonds is 3. The van der Waals surface area contributed by atoms with E-state index in [0.29, 0.717) is 6.61 Å². The zero-order chi connectivity index (χ0) is 7.40. The molecule has 10 heavy (non-hydrogen) atoms. The normalized spacial score (nSPS) is 18.6. The predicted octanol–water partition coefficient (Wildman–Crippen LogP) is 0.679. The molecule has 0 spiro atoms. The monoisotopic (exact) mass is 141 g/mol. The Bertz CT molecular complexity index is 140. The minimum Gasteiger partial charge on any atom is -0.396 e. The molecule has 0 unspecified atom stereocenters. The fourth-order valence-corrected chi connectivity index (χ4v) is 1.39. The molecule has 2 N–H and O–H groups in total. The maximum absolute atomic E-state index is 8.68. The van der Waals surface area contributed by atoms with Gasteiger partial charge in [0.15, 0.2) is 0 Å². The molecule has 2 nitrogen and oxygen atoms in total. The van der Waals surface area contributed by atoms with Crippen molar-refractivity contribution in [3.8, 4) is 0 Å². The van der Waals surface area contributed by atoms with Crippen molar-refractivity contribution in [1.82, 2.24) is 5.32 Å². The molecule has 1 aliphatic heterocycles. The fraction of sp³-hybridized carbons (Fsp3) is 0.750. The van der Waals surface area contributed by atoms with Crippen molar-refractivity contribution in [2.24, 2.45) is 0 Å². The van der Waals surface area contributed by atoms with Crippen LogP contribution in [-0.2, 0) is 0 Å². The van der Waals surface area contributed by atoms with Crippen LogP contribution in [0.3, 0.4) is 0 Å². The Morgan fingerprint density at radius 2 is 2.10 bits per heavy atom. The highest BCUT2D eigenvalue weighted by atomic mass is 16.2. The molecule has 0 fully saturated rings. The van der Waals surface area contributed by atoms with Gasteiger partial charge in [-0.3, -0.25) is 0 Å². The SMILES string of the molecule is CCC1=C(CCO)CNC1. The zero-order valence-corrected chi connectivity index (χ0v) is 6.48. The summed E-state index contributed by atoms with van der Waals surface area (Å²) in [5.41, 5.74) is 2.92. The standard InChI is InChI=1S/C8H15NO/c1-2-7-5-9-6-8(7)3-4-10/h9-10H,2-6H2,1H3. The molecule has 1 rings (SSSR count). The van der Waals surface area contributed by atoms with Gasteiger partial charge in [0.25, 0.3) is 0 Å². The third-order valence-electron chi connectivity index (χ3n) is 2.02. The minimum absolute atomic E-state index is 0.292. The molecule has 2 heteroatoms. The first-order valence-electron chi connectivity index (χ1n) is 3.89. The summed E-state index contributed by atoms with van der Waals surface area (Å²) in [5, 5.41) is 12.0. The summed E-state index contributed by atoms with van der Waals surface area (Å²) in [6, 6.07) is 0. The van der Waals surface area contributed by atoms with Crippen LogP contribution in [0.5, 0.6) is 0 Å². The van der Waals surface area contributed by atoms with Gasteiger partial charge in [-0.15, -0.1) is 0 Å². The second-order valence-electron chi connectivity index (χ2n) is 2.64. The average molecular weight is 141 g/mol. The minimum atomic E-state index is 0.292. The molecule has 1 aliphatic rings. The molecule has 0 aliphatic carbocycles. The molecule has 0 aromatic heterocycles. The number of aliphatic hydroxyl groups is 1. The van der Waals surface area contributed by atoms with E-state index in [1.807, 2.05) is 0 Å². The molecular weight excluding hydrogens is 126 g/mol. The van der Waals surface area contributed by atoms with Gasteiger partial charge in [-0.2, -0.15) is 0 Å². The third kappa shape index (κ3) is 1.58. The van der Waals surface area contributed by atoms with Gasteiger partial charge >= 0.3 is 0 Å². The van der Waals surface area contributed by atoms with Gasteiger partial charge in [0.2, 0.25) is 0 Å². The lowest BCUT2D eigenvalue weighted by molar-refractivity contribution is 0.298. The van der Waals surface area contributed by atoms with E-state index >= 15 is 0 Å². The van der Waals surface area contributed by atoms with Crippen LogP contribution >= 0.6 is 0 Å². The molecule has 58 valence electrons. The molecule has 0 saturated heterocycles. The number of aliphatic hydroxyl groups excluding tert-OH is 1. The van der Waals surface area contributed by atoms with Crippen molar-refractivity contribution in [3.05, 3.63) is 11.1 Å². The van der Waals surface area contributed by atoms with E-state index in [4.69, 9.17) is 5.11 Å². The molecule has 0 radical (unpaired) electrons. The number of nitrogens with one attached hydrogen (secondary N) is 1. The summed E-state index contributed by atoms with van der Waals surface area (Å²) in [5.74, 6) is 0. The quantitative estimate of drug-likeness (QED) is 0.566. The largest absolute Gasteiger partial charge is 0.396 e. The maximum atomic E-state index is 8.68. The summed E-state index contributed by atoms with van der Waals surface area (Å²) < 4.78 is 0. The Kier molecular flexibility index (Phi) is 2.90. The lowest BCUT2D eigenvalue weighted by atomic mass is 10.1. The summed E-state index contributed by atoms with van der Waals surface area (Å²) in [6.07, 6.45) is 1.98. The summed E-state index contributed by atoms with van der Waals surface area (Å²) in [6.45, 7) is 4.48. The van der Waals surface area contributed by atoms with E-state index < -0.39 is 0 Å². The Balaban J connectivity index is 2.50. The molecule has 0 amide bonds. The maximum Gasteiger partial charge on any atom is 0.0468 e. The van der Waals surface area contributed by atoms with Crippen molar-refractivity contribution in [3.63, 3.8) is 0 Å². The molecule has 0 saturated carbocycles. The summed E-state index contributed by atoms with van der Waals surface area (Å²) in [4.78, 5) is 0. The zero-order valence-electron chi connectivity index (χ0n) is 6.48. The first-order chi connectivity index (χ1) is 4.88. The van der Waals surface area contributed by atoms with Gasteiger partial charge in [-0.05, 0) is 12.8 Å². The van der Waals surface area contributed by atoms with Crippen LogP contribution in [0, 0.1) is 0 Å². The van der Waals surface area contributed by atoms with E-state index in [9.17, 15) is 0 Å². The van der Waals surface area contributed by atoms with Crippen molar-refractivity contribution < 1.29 is 5.11 Å². The third-order valence-corrected chi connectivity index (χ3v) is 2.02. The first kappa shape index (κ1) is 7.76. The topological polar surface area (TPSA) is 32.3 Å². The van der Waals surface area contributed by atoms with Crippen LogP contribution in [0.4, 0.5) is 0 Å². The lowest BCUT2D eigenvalue weighted by Gasteiger charge is -2.00. The van der Waals surface area contributed by atoms with Gasteiger partial charge in [0.1, 0.15) is 0 Å². The fourth-order valence-electron chi connectivity index (χ4n) is 1.39. The van der Waals surface area contributed by atoms with E-state index in [-0.39, 0.29) is 0 Å². The van der Waals surface area contributed by atoms with Crippen molar-refractivity contribution in [1.29, 1.82) is 0 Å². The van der Waals surface area contributed by atoms with E-state index in [0.717, 1.165) is 25.9 Å². The highest BCUT2D eigenvalue weighted by Crippen LogP contribution is 2.15. The van der Waals surface area contributed by atoms with Crippen LogP contribution in [0.25, 0.3) is 0 Å². The molecule has 0 aromatic rings. The Hall–Kier alpha value is -0.340. The summed E-state index contributed by atoms with van der Waals surface area (Å²) in [7, 11) is 0. The smallest absolute Gasteiger partial charge is 0.0468 e. The van der Waals surface area contributed by atoms with Crippen molar-refractivity contribution in [2.45, 2.75) is 19.8 Å². The highest BCUT2D eigenvalue weighted by Gasteiger charge is 2.10. The van der Waals surface area contributed by atoms with Crippen molar-refractivity contribution >= 4 is 0 Å². The lowest BCUT2D eigenvalue weighted by Crippen LogP contribution is -2.09. The van der Waals surface area contributed by atoms with Gasteiger partial charge in [-0.1, -0.05) is 18.1 Å². The first-order valence-corrected chi connectivity index (χ1v) is 3.89. The van der Waals surface area contributed by atoms with E-state index in [1.54, 1.807) is 0 Å². The molecule has 0 atom stereocenters. The van der Waals surface area contributed by atoms with Gasteiger partial charge in [0, 0.05) is 19.7 Å². The van der Waals surface area contributed by atoms with Crippen LogP contribution in [0.1, 0.15) is 19.8 Å². The van der Waals surface area contributed by atoms with Crippen molar-refractivity contribution in [2.75, 3.05) is 19.7 Å². The Morgan fingerprint density at radius 1 is 1.40 bits per heavy atom. The van der Waals surface area contributed by atoms with E-state index in [1.165, 1.54) is 11.1 Å². The van der Waals surface area contributed by atoms with Crippen LogP contribution in [-0.4, -0.2) is 24.8 Å². The second kappa shape index (κ2) is 3.74. The number of hydrogen-bond acceptors (Lipinski definition) is 2. The second-order valence-corrected chi connectivity index (χ2v) is 2.64. The van der Waals surface area contributed by atoms with Gasteiger partial charge in [-0.25, -0.2) is 0 Å². The molecule has 1 heterocycles. The summed E-state index contributed by atoms with van der Waals surface area (Å²) >= 11 is 0.